The van der Waals surface area contributed by atoms with Gasteiger partial charge in [0.15, 0.2) is 0 Å². The van der Waals surface area contributed by atoms with E-state index in [4.69, 9.17) is 10.5 Å². The van der Waals surface area contributed by atoms with Crippen LogP contribution in [-0.4, -0.2) is 19.1 Å². The molecule has 0 saturated heterocycles. The number of nitrogen functional groups attached to an aromatic ring is 1. The van der Waals surface area contributed by atoms with E-state index in [0.29, 0.717) is 23.6 Å². The molecule has 0 bridgehead atoms. The fraction of sp³-hybridized carbons (Fsp3) is 0.267. The monoisotopic (exact) mass is 275 g/mol. The fourth-order valence-electron chi connectivity index (χ4n) is 2.23. The van der Waals surface area contributed by atoms with E-state index in [1.165, 1.54) is 13.2 Å². The van der Waals surface area contributed by atoms with E-state index < -0.39 is 0 Å². The van der Waals surface area contributed by atoms with Crippen LogP contribution >= 0.6 is 0 Å². The molecule has 3 N–H and O–H groups in total. The average molecular weight is 275 g/mol. The summed E-state index contributed by atoms with van der Waals surface area (Å²) in [4.78, 5) is 4.05. The van der Waals surface area contributed by atoms with Crippen molar-refractivity contribution in [1.82, 2.24) is 10.3 Å². The van der Waals surface area contributed by atoms with Crippen LogP contribution in [0.4, 0.5) is 10.2 Å². The van der Waals surface area contributed by atoms with E-state index in [2.05, 4.69) is 10.3 Å². The zero-order valence-corrected chi connectivity index (χ0v) is 11.6. The highest BCUT2D eigenvalue weighted by Gasteiger charge is 2.20. The van der Waals surface area contributed by atoms with Crippen molar-refractivity contribution in [1.29, 1.82) is 0 Å². The van der Waals surface area contributed by atoms with Crippen LogP contribution in [0, 0.1) is 5.82 Å². The number of pyridine rings is 1. The molecule has 1 aromatic heterocycles. The summed E-state index contributed by atoms with van der Waals surface area (Å²) < 4.78 is 19.4. The molecule has 1 atom stereocenters. The van der Waals surface area contributed by atoms with Crippen molar-refractivity contribution in [3.8, 4) is 5.75 Å². The zero-order valence-electron chi connectivity index (χ0n) is 11.6. The maximum absolute atomic E-state index is 14.1. The molecule has 0 fully saturated rings. The van der Waals surface area contributed by atoms with Crippen molar-refractivity contribution >= 4 is 5.82 Å². The highest BCUT2D eigenvalue weighted by atomic mass is 19.1. The van der Waals surface area contributed by atoms with Crippen LogP contribution in [0.15, 0.2) is 36.5 Å². The standard InChI is InChI=1S/C15H18FN3O/c1-18-12(9-10-5-4-8-19-15(10)17)14-11(16)6-3-7-13(14)20-2/h3-8,12,18H,9H2,1-2H3,(H2,17,19). The molecule has 1 heterocycles. The van der Waals surface area contributed by atoms with E-state index in [1.807, 2.05) is 12.1 Å². The molecule has 0 aliphatic heterocycles. The highest BCUT2D eigenvalue weighted by Crippen LogP contribution is 2.30. The van der Waals surface area contributed by atoms with Gasteiger partial charge < -0.3 is 15.8 Å². The molecule has 4 nitrogen and oxygen atoms in total. The number of benzene rings is 1. The Morgan fingerprint density at radius 2 is 2.15 bits per heavy atom. The van der Waals surface area contributed by atoms with Gasteiger partial charge in [0.05, 0.1) is 7.11 Å². The third-order valence-corrected chi connectivity index (χ3v) is 3.28. The van der Waals surface area contributed by atoms with Crippen molar-refractivity contribution in [2.24, 2.45) is 0 Å². The number of likely N-dealkylation sites (N-methyl/N-ethyl adjacent to an activating group) is 1. The van der Waals surface area contributed by atoms with Gasteiger partial charge in [0.25, 0.3) is 0 Å². The summed E-state index contributed by atoms with van der Waals surface area (Å²) in [6.45, 7) is 0. The summed E-state index contributed by atoms with van der Waals surface area (Å²) in [5.74, 6) is 0.682. The van der Waals surface area contributed by atoms with E-state index in [0.717, 1.165) is 5.56 Å². The van der Waals surface area contributed by atoms with Crippen molar-refractivity contribution in [2.45, 2.75) is 12.5 Å². The minimum absolute atomic E-state index is 0.238. The van der Waals surface area contributed by atoms with Gasteiger partial charge in [-0.3, -0.25) is 0 Å². The van der Waals surface area contributed by atoms with Crippen molar-refractivity contribution in [3.63, 3.8) is 0 Å². The molecular weight excluding hydrogens is 257 g/mol. The first kappa shape index (κ1) is 14.3. The highest BCUT2D eigenvalue weighted by molar-refractivity contribution is 5.42. The second-order valence-electron chi connectivity index (χ2n) is 4.45. The second-order valence-corrected chi connectivity index (χ2v) is 4.45. The van der Waals surface area contributed by atoms with Crippen LogP contribution in [0.1, 0.15) is 17.2 Å². The lowest BCUT2D eigenvalue weighted by molar-refractivity contribution is 0.393. The smallest absolute Gasteiger partial charge is 0.131 e. The molecule has 106 valence electrons. The lowest BCUT2D eigenvalue weighted by Gasteiger charge is -2.20. The van der Waals surface area contributed by atoms with Crippen molar-refractivity contribution in [2.75, 3.05) is 19.9 Å². The summed E-state index contributed by atoms with van der Waals surface area (Å²) in [6.07, 6.45) is 2.17. The quantitative estimate of drug-likeness (QED) is 0.879. The van der Waals surface area contributed by atoms with Crippen LogP contribution in [0.2, 0.25) is 0 Å². The van der Waals surface area contributed by atoms with Crippen LogP contribution in [0.3, 0.4) is 0 Å². The van der Waals surface area contributed by atoms with Gasteiger partial charge in [0.1, 0.15) is 17.4 Å². The number of nitrogens with zero attached hydrogens (tertiary/aromatic N) is 1. The minimum atomic E-state index is -0.300. The molecule has 0 amide bonds. The Hall–Kier alpha value is -2.14. The molecule has 2 rings (SSSR count). The SMILES string of the molecule is CNC(Cc1cccnc1N)c1c(F)cccc1OC. The van der Waals surface area contributed by atoms with Crippen molar-refractivity contribution < 1.29 is 9.13 Å². The number of ether oxygens (including phenoxy) is 1. The van der Waals surface area contributed by atoms with Gasteiger partial charge in [-0.05, 0) is 37.2 Å². The number of hydrogen-bond acceptors (Lipinski definition) is 4. The number of anilines is 1. The first-order valence-electron chi connectivity index (χ1n) is 6.36. The first-order valence-corrected chi connectivity index (χ1v) is 6.36. The number of methoxy groups -OCH3 is 1. The Bertz CT molecular complexity index is 589. The lowest BCUT2D eigenvalue weighted by Crippen LogP contribution is -2.21. The summed E-state index contributed by atoms with van der Waals surface area (Å²) in [6, 6.07) is 8.27. The molecule has 0 radical (unpaired) electrons. The fourth-order valence-corrected chi connectivity index (χ4v) is 2.23. The van der Waals surface area contributed by atoms with E-state index >= 15 is 0 Å². The molecule has 20 heavy (non-hydrogen) atoms. The van der Waals surface area contributed by atoms with Crippen molar-refractivity contribution in [3.05, 3.63) is 53.5 Å². The van der Waals surface area contributed by atoms with E-state index in [9.17, 15) is 4.39 Å². The average Bonchev–Trinajstić information content (AvgIpc) is 2.47. The third-order valence-electron chi connectivity index (χ3n) is 3.28. The molecule has 5 heteroatoms. The van der Waals surface area contributed by atoms with Gasteiger partial charge in [-0.25, -0.2) is 9.37 Å². The summed E-state index contributed by atoms with van der Waals surface area (Å²) in [7, 11) is 3.31. The summed E-state index contributed by atoms with van der Waals surface area (Å²) in [5.41, 5.74) is 7.22. The Morgan fingerprint density at radius 3 is 2.80 bits per heavy atom. The number of rotatable bonds is 5. The molecule has 2 aromatic rings. The predicted molar refractivity (Wildman–Crippen MR) is 77.1 cm³/mol. The number of nitrogens with two attached hydrogens (primary N) is 1. The lowest BCUT2D eigenvalue weighted by atomic mass is 9.98. The Kier molecular flexibility index (Phi) is 4.53. The second kappa shape index (κ2) is 6.34. The van der Waals surface area contributed by atoms with Crippen LogP contribution in [-0.2, 0) is 6.42 Å². The summed E-state index contributed by atoms with van der Waals surface area (Å²) in [5, 5.41) is 3.11. The van der Waals surface area contributed by atoms with Gasteiger partial charge in [-0.2, -0.15) is 0 Å². The normalized spacial score (nSPS) is 12.2. The van der Waals surface area contributed by atoms with Gasteiger partial charge in [-0.15, -0.1) is 0 Å². The molecule has 1 aromatic carbocycles. The first-order chi connectivity index (χ1) is 9.67. The summed E-state index contributed by atoms with van der Waals surface area (Å²) >= 11 is 0. The minimum Gasteiger partial charge on any atom is -0.496 e. The Balaban J connectivity index is 2.36. The number of aromatic nitrogens is 1. The number of nitrogens with one attached hydrogen (secondary N) is 1. The van der Waals surface area contributed by atoms with Crippen LogP contribution < -0.4 is 15.8 Å². The molecule has 0 aliphatic rings. The van der Waals surface area contributed by atoms with Crippen LogP contribution in [0.5, 0.6) is 5.75 Å². The van der Waals surface area contributed by atoms with Gasteiger partial charge in [0, 0.05) is 17.8 Å². The number of hydrogen-bond donors (Lipinski definition) is 2. The number of halogens is 1. The Morgan fingerprint density at radius 1 is 1.35 bits per heavy atom. The van der Waals surface area contributed by atoms with Gasteiger partial charge in [0.2, 0.25) is 0 Å². The largest absolute Gasteiger partial charge is 0.496 e. The third kappa shape index (κ3) is 2.88. The molecular formula is C15H18FN3O. The van der Waals surface area contributed by atoms with E-state index in [1.54, 1.807) is 25.4 Å². The van der Waals surface area contributed by atoms with E-state index in [-0.39, 0.29) is 11.9 Å². The maximum atomic E-state index is 14.1. The van der Waals surface area contributed by atoms with Crippen LogP contribution in [0.25, 0.3) is 0 Å². The van der Waals surface area contributed by atoms with Gasteiger partial charge in [-0.1, -0.05) is 12.1 Å². The predicted octanol–water partition coefficient (Wildman–Crippen LogP) is 2.31. The Labute approximate surface area is 117 Å². The topological polar surface area (TPSA) is 60.2 Å². The molecule has 0 spiro atoms. The molecule has 1 unspecified atom stereocenters. The zero-order chi connectivity index (χ0) is 14.5. The molecule has 0 saturated carbocycles. The maximum Gasteiger partial charge on any atom is 0.131 e. The van der Waals surface area contributed by atoms with Gasteiger partial charge >= 0.3 is 0 Å². The molecule has 0 aliphatic carbocycles.